The lowest BCUT2D eigenvalue weighted by Crippen LogP contribution is -2.26. The number of methoxy groups -OCH3 is 2. The highest BCUT2D eigenvalue weighted by atomic mass is 19.1. The molecule has 1 aliphatic rings. The molecule has 1 aromatic rings. The minimum atomic E-state index is -0.373. The summed E-state index contributed by atoms with van der Waals surface area (Å²) in [5, 5.41) is 3.32. The molecular weight excluding hydrogens is 221 g/mol. The fraction of sp³-hybridized carbons (Fsp3) is 0.538. The summed E-state index contributed by atoms with van der Waals surface area (Å²) in [6, 6.07) is 3.27. The molecule has 0 bridgehead atoms. The zero-order chi connectivity index (χ0) is 12.3. The number of hydrogen-bond acceptors (Lipinski definition) is 3. The first kappa shape index (κ1) is 12.2. The molecule has 1 aliphatic heterocycles. The Labute approximate surface area is 101 Å². The summed E-state index contributed by atoms with van der Waals surface area (Å²) in [6.07, 6.45) is 2.09. The molecule has 0 spiro atoms. The first-order chi connectivity index (χ1) is 8.27. The lowest BCUT2D eigenvalue weighted by Gasteiger charge is -2.25. The van der Waals surface area contributed by atoms with Crippen LogP contribution in [0.3, 0.4) is 0 Å². The molecule has 0 aliphatic carbocycles. The van der Waals surface area contributed by atoms with Crippen molar-refractivity contribution in [1.29, 1.82) is 0 Å². The van der Waals surface area contributed by atoms with Crippen molar-refractivity contribution in [3.63, 3.8) is 0 Å². The summed E-state index contributed by atoms with van der Waals surface area (Å²) >= 11 is 0. The Morgan fingerprint density at radius 1 is 1.12 bits per heavy atom. The number of benzene rings is 1. The monoisotopic (exact) mass is 239 g/mol. The van der Waals surface area contributed by atoms with Gasteiger partial charge in [0.2, 0.25) is 0 Å². The normalized spacial score (nSPS) is 16.9. The van der Waals surface area contributed by atoms with Crippen LogP contribution in [0.15, 0.2) is 12.1 Å². The van der Waals surface area contributed by atoms with Crippen molar-refractivity contribution in [2.24, 2.45) is 0 Å². The molecule has 1 N–H and O–H groups in total. The van der Waals surface area contributed by atoms with Crippen LogP contribution in [0.5, 0.6) is 11.5 Å². The SMILES string of the molecule is COc1c(F)ccc(C2CCNCC2)c1OC. The number of ether oxygens (including phenoxy) is 2. The molecule has 1 heterocycles. The maximum Gasteiger partial charge on any atom is 0.197 e. The first-order valence-electron chi connectivity index (χ1n) is 5.89. The molecule has 4 heteroatoms. The van der Waals surface area contributed by atoms with E-state index in [2.05, 4.69) is 5.32 Å². The van der Waals surface area contributed by atoms with E-state index in [0.717, 1.165) is 31.5 Å². The number of nitrogens with one attached hydrogen (secondary N) is 1. The lowest BCUT2D eigenvalue weighted by atomic mass is 9.89. The molecule has 0 saturated carbocycles. The quantitative estimate of drug-likeness (QED) is 0.878. The molecular formula is C13H18FNO2. The Bertz CT molecular complexity index is 389. The molecule has 0 radical (unpaired) electrons. The van der Waals surface area contributed by atoms with Gasteiger partial charge in [-0.3, -0.25) is 0 Å². The maximum absolute atomic E-state index is 13.6. The fourth-order valence-electron chi connectivity index (χ4n) is 2.41. The average Bonchev–Trinajstić information content (AvgIpc) is 2.39. The summed E-state index contributed by atoms with van der Waals surface area (Å²) in [4.78, 5) is 0. The van der Waals surface area contributed by atoms with Crippen molar-refractivity contribution in [2.45, 2.75) is 18.8 Å². The van der Waals surface area contributed by atoms with Gasteiger partial charge in [0.25, 0.3) is 0 Å². The number of piperidine rings is 1. The van der Waals surface area contributed by atoms with Gasteiger partial charge in [0.05, 0.1) is 14.2 Å². The third-order valence-corrected chi connectivity index (χ3v) is 3.28. The van der Waals surface area contributed by atoms with E-state index in [1.54, 1.807) is 7.11 Å². The number of hydrogen-bond donors (Lipinski definition) is 1. The zero-order valence-corrected chi connectivity index (χ0v) is 10.3. The fourth-order valence-corrected chi connectivity index (χ4v) is 2.41. The smallest absolute Gasteiger partial charge is 0.197 e. The van der Waals surface area contributed by atoms with Crippen molar-refractivity contribution in [3.8, 4) is 11.5 Å². The van der Waals surface area contributed by atoms with Gasteiger partial charge in [-0.05, 0) is 37.9 Å². The van der Waals surface area contributed by atoms with E-state index >= 15 is 0 Å². The largest absolute Gasteiger partial charge is 0.492 e. The Kier molecular flexibility index (Phi) is 3.84. The van der Waals surface area contributed by atoms with Gasteiger partial charge in [-0.15, -0.1) is 0 Å². The zero-order valence-electron chi connectivity index (χ0n) is 10.3. The molecule has 3 nitrogen and oxygen atoms in total. The van der Waals surface area contributed by atoms with Crippen molar-refractivity contribution < 1.29 is 13.9 Å². The van der Waals surface area contributed by atoms with Crippen LogP contribution in [0.1, 0.15) is 24.3 Å². The molecule has 17 heavy (non-hydrogen) atoms. The van der Waals surface area contributed by atoms with Crippen LogP contribution in [0.25, 0.3) is 0 Å². The molecule has 0 aromatic heterocycles. The van der Waals surface area contributed by atoms with E-state index < -0.39 is 0 Å². The average molecular weight is 239 g/mol. The predicted octanol–water partition coefficient (Wildman–Crippen LogP) is 2.31. The maximum atomic E-state index is 13.6. The van der Waals surface area contributed by atoms with E-state index in [-0.39, 0.29) is 11.6 Å². The molecule has 1 fully saturated rings. The Balaban J connectivity index is 2.38. The van der Waals surface area contributed by atoms with Crippen LogP contribution in [0.4, 0.5) is 4.39 Å². The molecule has 94 valence electrons. The summed E-state index contributed by atoms with van der Waals surface area (Å²) in [5.74, 6) is 0.797. The van der Waals surface area contributed by atoms with Gasteiger partial charge < -0.3 is 14.8 Å². The van der Waals surface area contributed by atoms with E-state index in [1.807, 2.05) is 6.07 Å². The van der Waals surface area contributed by atoms with Gasteiger partial charge in [0.1, 0.15) is 0 Å². The highest BCUT2D eigenvalue weighted by molar-refractivity contribution is 5.49. The van der Waals surface area contributed by atoms with Gasteiger partial charge in [0.15, 0.2) is 17.3 Å². The standard InChI is InChI=1S/C13H18FNO2/c1-16-12-10(9-5-7-15-8-6-9)3-4-11(14)13(12)17-2/h3-4,9,15H,5-8H2,1-2H3. The number of halogens is 1. The van der Waals surface area contributed by atoms with Gasteiger partial charge in [-0.25, -0.2) is 4.39 Å². The Morgan fingerprint density at radius 3 is 2.35 bits per heavy atom. The lowest BCUT2D eigenvalue weighted by molar-refractivity contribution is 0.329. The van der Waals surface area contributed by atoms with Crippen molar-refractivity contribution >= 4 is 0 Å². The third-order valence-electron chi connectivity index (χ3n) is 3.28. The van der Waals surface area contributed by atoms with E-state index in [0.29, 0.717) is 11.7 Å². The Hall–Kier alpha value is -1.29. The second kappa shape index (κ2) is 5.36. The Morgan fingerprint density at radius 2 is 1.76 bits per heavy atom. The molecule has 0 atom stereocenters. The summed E-state index contributed by atoms with van der Waals surface area (Å²) in [7, 11) is 3.02. The molecule has 2 rings (SSSR count). The second-order valence-corrected chi connectivity index (χ2v) is 4.23. The van der Waals surface area contributed by atoms with E-state index in [4.69, 9.17) is 9.47 Å². The summed E-state index contributed by atoms with van der Waals surface area (Å²) in [6.45, 7) is 1.99. The highest BCUT2D eigenvalue weighted by Gasteiger charge is 2.23. The van der Waals surface area contributed by atoms with Gasteiger partial charge in [-0.1, -0.05) is 6.07 Å². The van der Waals surface area contributed by atoms with Crippen LogP contribution in [0.2, 0.25) is 0 Å². The van der Waals surface area contributed by atoms with Gasteiger partial charge in [0, 0.05) is 5.56 Å². The van der Waals surface area contributed by atoms with E-state index in [1.165, 1.54) is 13.2 Å². The van der Waals surface area contributed by atoms with Crippen LogP contribution in [-0.4, -0.2) is 27.3 Å². The van der Waals surface area contributed by atoms with Crippen LogP contribution >= 0.6 is 0 Å². The summed E-state index contributed by atoms with van der Waals surface area (Å²) in [5.41, 5.74) is 1.05. The molecule has 1 saturated heterocycles. The number of rotatable bonds is 3. The molecule has 0 unspecified atom stereocenters. The third kappa shape index (κ3) is 2.36. The predicted molar refractivity (Wildman–Crippen MR) is 64.3 cm³/mol. The highest BCUT2D eigenvalue weighted by Crippen LogP contribution is 2.40. The van der Waals surface area contributed by atoms with Gasteiger partial charge >= 0.3 is 0 Å². The topological polar surface area (TPSA) is 30.5 Å². The van der Waals surface area contributed by atoms with E-state index in [9.17, 15) is 4.39 Å². The van der Waals surface area contributed by atoms with Crippen LogP contribution in [-0.2, 0) is 0 Å². The van der Waals surface area contributed by atoms with Crippen LogP contribution in [0, 0.1) is 5.82 Å². The minimum Gasteiger partial charge on any atom is -0.492 e. The van der Waals surface area contributed by atoms with Crippen molar-refractivity contribution in [1.82, 2.24) is 5.32 Å². The molecule has 0 amide bonds. The minimum absolute atomic E-state index is 0.212. The molecule has 1 aromatic carbocycles. The van der Waals surface area contributed by atoms with Crippen molar-refractivity contribution in [2.75, 3.05) is 27.3 Å². The van der Waals surface area contributed by atoms with Crippen molar-refractivity contribution in [3.05, 3.63) is 23.5 Å². The van der Waals surface area contributed by atoms with Crippen LogP contribution < -0.4 is 14.8 Å². The van der Waals surface area contributed by atoms with Gasteiger partial charge in [-0.2, -0.15) is 0 Å². The first-order valence-corrected chi connectivity index (χ1v) is 5.89. The summed E-state index contributed by atoms with van der Waals surface area (Å²) < 4.78 is 24.0. The second-order valence-electron chi connectivity index (χ2n) is 4.23.